The minimum absolute atomic E-state index is 0.108. The van der Waals surface area contributed by atoms with E-state index in [0.29, 0.717) is 5.92 Å². The van der Waals surface area contributed by atoms with Crippen LogP contribution >= 0.6 is 0 Å². The van der Waals surface area contributed by atoms with Crippen molar-refractivity contribution in [1.29, 1.82) is 0 Å². The van der Waals surface area contributed by atoms with Gasteiger partial charge in [-0.15, -0.1) is 0 Å². The molecule has 0 bridgehead atoms. The number of aryl methyl sites for hydroxylation is 1. The van der Waals surface area contributed by atoms with Crippen LogP contribution in [0.2, 0.25) is 0 Å². The monoisotopic (exact) mass is 383 g/mol. The standard InChI is InChI=1S/C21H29N5O2/c1-3-24-12-9-16(10-13-24)20-18-6-4-5-11-22-21(18)25(23-20)19-14-17(26(27)28)8-7-15(19)2/h7-8,14,16,22H,3-6,9-13H2,1-2H3. The van der Waals surface area contributed by atoms with Crippen LogP contribution in [-0.2, 0) is 6.42 Å². The van der Waals surface area contributed by atoms with Gasteiger partial charge in [-0.25, -0.2) is 4.68 Å². The molecule has 7 heteroatoms. The van der Waals surface area contributed by atoms with Gasteiger partial charge in [0.25, 0.3) is 5.69 Å². The number of non-ortho nitro benzene ring substituents is 1. The lowest BCUT2D eigenvalue weighted by atomic mass is 9.90. The summed E-state index contributed by atoms with van der Waals surface area (Å²) < 4.78 is 1.94. The highest BCUT2D eigenvalue weighted by Gasteiger charge is 2.29. The fraction of sp³-hybridized carbons (Fsp3) is 0.571. The molecule has 2 aliphatic rings. The molecule has 7 nitrogen and oxygen atoms in total. The molecule has 2 aliphatic heterocycles. The number of piperidine rings is 1. The van der Waals surface area contributed by atoms with E-state index in [9.17, 15) is 10.1 Å². The SMILES string of the molecule is CCN1CCC(c2nn(-c3cc([N+](=O)[O-])ccc3C)c3c2CCCCN3)CC1. The van der Waals surface area contributed by atoms with Crippen LogP contribution in [-0.4, -0.2) is 45.8 Å². The predicted octanol–water partition coefficient (Wildman–Crippen LogP) is 4.04. The Kier molecular flexibility index (Phi) is 5.35. The fourth-order valence-corrected chi connectivity index (χ4v) is 4.49. The number of hydrogen-bond donors (Lipinski definition) is 1. The minimum atomic E-state index is -0.333. The summed E-state index contributed by atoms with van der Waals surface area (Å²) in [6.45, 7) is 8.46. The molecule has 2 aromatic rings. The quantitative estimate of drug-likeness (QED) is 0.637. The number of likely N-dealkylation sites (tertiary alicyclic amines) is 1. The smallest absolute Gasteiger partial charge is 0.271 e. The van der Waals surface area contributed by atoms with Gasteiger partial charge in [0.05, 0.1) is 16.3 Å². The van der Waals surface area contributed by atoms with Gasteiger partial charge in [0.15, 0.2) is 0 Å². The number of nitro groups is 1. The number of aromatic nitrogens is 2. The molecule has 0 amide bonds. The third-order valence-electron chi connectivity index (χ3n) is 6.21. The molecule has 1 aromatic heterocycles. The summed E-state index contributed by atoms with van der Waals surface area (Å²) in [5.74, 6) is 1.51. The molecule has 1 saturated heterocycles. The number of hydrogen-bond acceptors (Lipinski definition) is 5. The van der Waals surface area contributed by atoms with Gasteiger partial charge < -0.3 is 10.2 Å². The van der Waals surface area contributed by atoms with E-state index in [0.717, 1.165) is 75.4 Å². The summed E-state index contributed by atoms with van der Waals surface area (Å²) in [5.41, 5.74) is 4.42. The molecule has 1 fully saturated rings. The highest BCUT2D eigenvalue weighted by Crippen LogP contribution is 2.37. The van der Waals surface area contributed by atoms with Gasteiger partial charge in [-0.05, 0) is 64.2 Å². The van der Waals surface area contributed by atoms with E-state index in [4.69, 9.17) is 5.10 Å². The lowest BCUT2D eigenvalue weighted by Crippen LogP contribution is -2.33. The maximum absolute atomic E-state index is 11.3. The highest BCUT2D eigenvalue weighted by molar-refractivity contribution is 5.58. The molecule has 3 heterocycles. The van der Waals surface area contributed by atoms with Crippen LogP contribution < -0.4 is 5.32 Å². The number of nitrogens with zero attached hydrogens (tertiary/aromatic N) is 4. The molecule has 0 radical (unpaired) electrons. The third-order valence-corrected chi connectivity index (χ3v) is 6.21. The lowest BCUT2D eigenvalue weighted by molar-refractivity contribution is -0.384. The van der Waals surface area contributed by atoms with Crippen molar-refractivity contribution in [2.24, 2.45) is 0 Å². The Bertz CT molecular complexity index is 868. The van der Waals surface area contributed by atoms with E-state index in [-0.39, 0.29) is 10.6 Å². The van der Waals surface area contributed by atoms with Crippen LogP contribution in [0.5, 0.6) is 0 Å². The summed E-state index contributed by atoms with van der Waals surface area (Å²) in [6.07, 6.45) is 5.58. The van der Waals surface area contributed by atoms with Gasteiger partial charge in [-0.3, -0.25) is 10.1 Å². The van der Waals surface area contributed by atoms with Crippen LogP contribution in [0.3, 0.4) is 0 Å². The van der Waals surface area contributed by atoms with Gasteiger partial charge in [0.2, 0.25) is 0 Å². The van der Waals surface area contributed by atoms with E-state index in [2.05, 4.69) is 17.1 Å². The van der Waals surface area contributed by atoms with Crippen LogP contribution in [0.1, 0.15) is 55.3 Å². The Morgan fingerprint density at radius 1 is 1.29 bits per heavy atom. The average Bonchev–Trinajstić information content (AvgIpc) is 2.89. The van der Waals surface area contributed by atoms with Crippen molar-refractivity contribution in [1.82, 2.24) is 14.7 Å². The first-order valence-electron chi connectivity index (χ1n) is 10.4. The molecule has 28 heavy (non-hydrogen) atoms. The average molecular weight is 383 g/mol. The molecule has 4 rings (SSSR count). The van der Waals surface area contributed by atoms with E-state index < -0.39 is 0 Å². The molecule has 1 N–H and O–H groups in total. The highest BCUT2D eigenvalue weighted by atomic mass is 16.6. The molecule has 150 valence electrons. The number of nitro benzene ring substituents is 1. The van der Waals surface area contributed by atoms with E-state index in [1.54, 1.807) is 12.1 Å². The van der Waals surface area contributed by atoms with Crippen molar-refractivity contribution in [2.45, 2.75) is 51.9 Å². The van der Waals surface area contributed by atoms with Crippen molar-refractivity contribution in [3.05, 3.63) is 45.1 Å². The second-order valence-electron chi connectivity index (χ2n) is 7.94. The molecule has 1 aromatic carbocycles. The van der Waals surface area contributed by atoms with Crippen molar-refractivity contribution < 1.29 is 4.92 Å². The van der Waals surface area contributed by atoms with E-state index in [1.165, 1.54) is 11.3 Å². The number of rotatable bonds is 4. The van der Waals surface area contributed by atoms with Gasteiger partial charge in [0.1, 0.15) is 5.82 Å². The maximum Gasteiger partial charge on any atom is 0.271 e. The van der Waals surface area contributed by atoms with E-state index in [1.807, 2.05) is 17.7 Å². The normalized spacial score (nSPS) is 18.4. The zero-order valence-electron chi connectivity index (χ0n) is 16.8. The number of fused-ring (bicyclic) bond motifs is 1. The van der Waals surface area contributed by atoms with Gasteiger partial charge in [-0.1, -0.05) is 13.0 Å². The summed E-state index contributed by atoms with van der Waals surface area (Å²) >= 11 is 0. The number of nitrogens with one attached hydrogen (secondary N) is 1. The molecule has 0 unspecified atom stereocenters. The van der Waals surface area contributed by atoms with Crippen LogP contribution in [0.25, 0.3) is 5.69 Å². The van der Waals surface area contributed by atoms with Crippen LogP contribution in [0, 0.1) is 17.0 Å². The van der Waals surface area contributed by atoms with Crippen molar-refractivity contribution >= 4 is 11.5 Å². The van der Waals surface area contributed by atoms with Crippen molar-refractivity contribution in [3.8, 4) is 5.69 Å². The Balaban J connectivity index is 1.78. The molecular formula is C21H29N5O2. The van der Waals surface area contributed by atoms with Crippen molar-refractivity contribution in [3.63, 3.8) is 0 Å². The van der Waals surface area contributed by atoms with Gasteiger partial charge in [-0.2, -0.15) is 5.10 Å². The molecule has 0 aliphatic carbocycles. The van der Waals surface area contributed by atoms with E-state index >= 15 is 0 Å². The number of anilines is 1. The van der Waals surface area contributed by atoms with Gasteiger partial charge in [0, 0.05) is 30.2 Å². The topological polar surface area (TPSA) is 76.2 Å². The Labute approximate surface area is 165 Å². The molecule has 0 saturated carbocycles. The number of benzene rings is 1. The Morgan fingerprint density at radius 2 is 2.07 bits per heavy atom. The Hall–Kier alpha value is -2.41. The zero-order chi connectivity index (χ0) is 19.7. The lowest BCUT2D eigenvalue weighted by Gasteiger charge is -2.30. The first-order valence-corrected chi connectivity index (χ1v) is 10.4. The summed E-state index contributed by atoms with van der Waals surface area (Å²) in [4.78, 5) is 13.5. The molecule has 0 spiro atoms. The summed E-state index contributed by atoms with van der Waals surface area (Å²) in [7, 11) is 0. The summed E-state index contributed by atoms with van der Waals surface area (Å²) in [5, 5.41) is 19.9. The first-order chi connectivity index (χ1) is 13.6. The first kappa shape index (κ1) is 18.9. The van der Waals surface area contributed by atoms with Gasteiger partial charge >= 0.3 is 0 Å². The molecular weight excluding hydrogens is 354 g/mol. The predicted molar refractivity (Wildman–Crippen MR) is 110 cm³/mol. The maximum atomic E-state index is 11.3. The second kappa shape index (κ2) is 7.91. The molecule has 0 atom stereocenters. The Morgan fingerprint density at radius 3 is 2.79 bits per heavy atom. The third kappa shape index (κ3) is 3.51. The largest absolute Gasteiger partial charge is 0.370 e. The van der Waals surface area contributed by atoms with Crippen LogP contribution in [0.4, 0.5) is 11.5 Å². The zero-order valence-corrected chi connectivity index (χ0v) is 16.8. The minimum Gasteiger partial charge on any atom is -0.370 e. The second-order valence-corrected chi connectivity index (χ2v) is 7.94. The summed E-state index contributed by atoms with van der Waals surface area (Å²) in [6, 6.07) is 5.03. The van der Waals surface area contributed by atoms with Crippen LogP contribution in [0.15, 0.2) is 18.2 Å². The fourth-order valence-electron chi connectivity index (χ4n) is 4.49. The van der Waals surface area contributed by atoms with Crippen molar-refractivity contribution in [2.75, 3.05) is 31.5 Å².